The molecule has 2 aromatic carbocycles. The van der Waals surface area contributed by atoms with Crippen LogP contribution in [0.4, 0.5) is 5.69 Å². The van der Waals surface area contributed by atoms with Crippen LogP contribution in [0.5, 0.6) is 11.6 Å². The molecule has 0 atom stereocenters. The Morgan fingerprint density at radius 1 is 0.917 bits per heavy atom. The Morgan fingerprint density at radius 2 is 1.71 bits per heavy atom. The highest BCUT2D eigenvalue weighted by Crippen LogP contribution is 2.24. The molecule has 122 valence electrons. The fraction of sp³-hybridized carbons (Fsp3) is 0.0588. The van der Waals surface area contributed by atoms with Crippen molar-refractivity contribution in [1.82, 2.24) is 10.2 Å². The summed E-state index contributed by atoms with van der Waals surface area (Å²) in [5.74, 6) is 0.796. The molecule has 0 fully saturated rings. The summed E-state index contributed by atoms with van der Waals surface area (Å²) in [5, 5.41) is 7.82. The number of nitrogens with zero attached hydrogens (tertiary/aromatic N) is 2. The third-order valence-corrected chi connectivity index (χ3v) is 4.53. The van der Waals surface area contributed by atoms with E-state index in [-0.39, 0.29) is 4.90 Å². The van der Waals surface area contributed by atoms with Crippen LogP contribution in [0.15, 0.2) is 71.6 Å². The standard InChI is InChI=1S/C17H15N3O3S/c1-13-10-11-17(19-18-13)23-15-7-5-6-14(12-15)20-24(21,22)16-8-3-2-4-9-16/h2-12,20H,1H3. The summed E-state index contributed by atoms with van der Waals surface area (Å²) in [6.07, 6.45) is 0. The molecule has 0 radical (unpaired) electrons. The Balaban J connectivity index is 1.79. The number of aryl methyl sites for hydroxylation is 1. The summed E-state index contributed by atoms with van der Waals surface area (Å²) in [7, 11) is -3.64. The summed E-state index contributed by atoms with van der Waals surface area (Å²) < 4.78 is 32.8. The van der Waals surface area contributed by atoms with Crippen molar-refractivity contribution in [3.8, 4) is 11.6 Å². The van der Waals surface area contributed by atoms with Crippen molar-refractivity contribution in [2.75, 3.05) is 4.72 Å². The van der Waals surface area contributed by atoms with E-state index in [1.165, 1.54) is 12.1 Å². The molecule has 7 heteroatoms. The minimum atomic E-state index is -3.64. The van der Waals surface area contributed by atoms with Crippen LogP contribution in [0.3, 0.4) is 0 Å². The Bertz CT molecular complexity index is 927. The fourth-order valence-corrected chi connectivity index (χ4v) is 3.07. The highest BCUT2D eigenvalue weighted by atomic mass is 32.2. The summed E-state index contributed by atoms with van der Waals surface area (Å²) >= 11 is 0. The van der Waals surface area contributed by atoms with E-state index in [0.29, 0.717) is 17.3 Å². The first-order chi connectivity index (χ1) is 11.5. The highest BCUT2D eigenvalue weighted by Gasteiger charge is 2.13. The number of anilines is 1. The summed E-state index contributed by atoms with van der Waals surface area (Å²) in [4.78, 5) is 0.195. The largest absolute Gasteiger partial charge is 0.437 e. The number of nitrogens with one attached hydrogen (secondary N) is 1. The van der Waals surface area contributed by atoms with E-state index in [2.05, 4.69) is 14.9 Å². The van der Waals surface area contributed by atoms with Crippen molar-refractivity contribution in [2.24, 2.45) is 0 Å². The molecule has 0 bridgehead atoms. The maximum Gasteiger partial charge on any atom is 0.261 e. The van der Waals surface area contributed by atoms with Gasteiger partial charge < -0.3 is 4.74 Å². The average Bonchev–Trinajstić information content (AvgIpc) is 2.58. The first kappa shape index (κ1) is 15.9. The predicted molar refractivity (Wildman–Crippen MR) is 90.5 cm³/mol. The van der Waals surface area contributed by atoms with Crippen LogP contribution in [0.25, 0.3) is 0 Å². The quantitative estimate of drug-likeness (QED) is 0.769. The first-order valence-electron chi connectivity index (χ1n) is 7.19. The van der Waals surface area contributed by atoms with E-state index in [9.17, 15) is 8.42 Å². The lowest BCUT2D eigenvalue weighted by Crippen LogP contribution is -2.12. The number of aromatic nitrogens is 2. The van der Waals surface area contributed by atoms with Crippen LogP contribution in [0.2, 0.25) is 0 Å². The van der Waals surface area contributed by atoms with E-state index in [0.717, 1.165) is 5.69 Å². The Hall–Kier alpha value is -2.93. The van der Waals surface area contributed by atoms with Crippen LogP contribution in [-0.4, -0.2) is 18.6 Å². The van der Waals surface area contributed by atoms with Gasteiger partial charge in [-0.15, -0.1) is 5.10 Å². The topological polar surface area (TPSA) is 81.2 Å². The molecule has 1 N–H and O–H groups in total. The monoisotopic (exact) mass is 341 g/mol. The summed E-state index contributed by atoms with van der Waals surface area (Å²) in [6.45, 7) is 1.83. The van der Waals surface area contributed by atoms with Crippen LogP contribution in [-0.2, 0) is 10.0 Å². The average molecular weight is 341 g/mol. The lowest BCUT2D eigenvalue weighted by atomic mass is 10.3. The van der Waals surface area contributed by atoms with E-state index in [4.69, 9.17) is 4.74 Å². The van der Waals surface area contributed by atoms with Crippen molar-refractivity contribution in [2.45, 2.75) is 11.8 Å². The number of rotatable bonds is 5. The third kappa shape index (κ3) is 3.88. The van der Waals surface area contributed by atoms with Crippen molar-refractivity contribution in [3.05, 3.63) is 72.4 Å². The second-order valence-corrected chi connectivity index (χ2v) is 6.74. The number of benzene rings is 2. The van der Waals surface area contributed by atoms with Crippen molar-refractivity contribution in [3.63, 3.8) is 0 Å². The number of ether oxygens (including phenoxy) is 1. The Morgan fingerprint density at radius 3 is 2.42 bits per heavy atom. The molecule has 3 rings (SSSR count). The molecule has 0 saturated heterocycles. The van der Waals surface area contributed by atoms with Crippen LogP contribution in [0, 0.1) is 6.92 Å². The van der Waals surface area contributed by atoms with Gasteiger partial charge in [0.15, 0.2) is 0 Å². The zero-order valence-electron chi connectivity index (χ0n) is 12.9. The van der Waals surface area contributed by atoms with Gasteiger partial charge in [-0.05, 0) is 37.3 Å². The molecule has 0 aliphatic heterocycles. The SMILES string of the molecule is Cc1ccc(Oc2cccc(NS(=O)(=O)c3ccccc3)c2)nn1. The molecule has 0 saturated carbocycles. The second kappa shape index (κ2) is 6.67. The van der Waals surface area contributed by atoms with E-state index < -0.39 is 10.0 Å². The third-order valence-electron chi connectivity index (χ3n) is 3.14. The minimum absolute atomic E-state index is 0.195. The normalized spacial score (nSPS) is 11.0. The second-order valence-electron chi connectivity index (χ2n) is 5.06. The van der Waals surface area contributed by atoms with E-state index in [1.807, 2.05) is 6.92 Å². The molecule has 0 spiro atoms. The predicted octanol–water partition coefficient (Wildman–Crippen LogP) is 3.38. The maximum absolute atomic E-state index is 12.3. The van der Waals surface area contributed by atoms with Gasteiger partial charge in [-0.1, -0.05) is 24.3 Å². The molecule has 1 aromatic heterocycles. The lowest BCUT2D eigenvalue weighted by Gasteiger charge is -2.10. The van der Waals surface area contributed by atoms with Crippen molar-refractivity contribution < 1.29 is 13.2 Å². The smallest absolute Gasteiger partial charge is 0.261 e. The van der Waals surface area contributed by atoms with E-state index in [1.54, 1.807) is 54.6 Å². The molecular formula is C17H15N3O3S. The van der Waals surface area contributed by atoms with Crippen molar-refractivity contribution in [1.29, 1.82) is 0 Å². The minimum Gasteiger partial charge on any atom is -0.437 e. The van der Waals surface area contributed by atoms with Gasteiger partial charge in [0.1, 0.15) is 5.75 Å². The van der Waals surface area contributed by atoms with Gasteiger partial charge >= 0.3 is 0 Å². The van der Waals surface area contributed by atoms with Gasteiger partial charge in [-0.2, -0.15) is 5.10 Å². The molecule has 3 aromatic rings. The molecule has 0 aliphatic carbocycles. The number of hydrogen-bond acceptors (Lipinski definition) is 5. The van der Waals surface area contributed by atoms with Gasteiger partial charge in [0.05, 0.1) is 16.3 Å². The van der Waals surface area contributed by atoms with Gasteiger partial charge in [-0.3, -0.25) is 4.72 Å². The van der Waals surface area contributed by atoms with Gasteiger partial charge in [0.25, 0.3) is 10.0 Å². The molecular weight excluding hydrogens is 326 g/mol. The van der Waals surface area contributed by atoms with Gasteiger partial charge in [0, 0.05) is 12.1 Å². The van der Waals surface area contributed by atoms with Gasteiger partial charge in [-0.25, -0.2) is 8.42 Å². The summed E-state index contributed by atoms with van der Waals surface area (Å²) in [6, 6.07) is 18.3. The zero-order chi connectivity index (χ0) is 17.0. The van der Waals surface area contributed by atoms with Crippen molar-refractivity contribution >= 4 is 15.7 Å². The van der Waals surface area contributed by atoms with Gasteiger partial charge in [0.2, 0.25) is 5.88 Å². The van der Waals surface area contributed by atoms with Crippen LogP contribution >= 0.6 is 0 Å². The maximum atomic E-state index is 12.3. The van der Waals surface area contributed by atoms with Crippen LogP contribution in [0.1, 0.15) is 5.69 Å². The Kier molecular flexibility index (Phi) is 4.43. The zero-order valence-corrected chi connectivity index (χ0v) is 13.7. The summed E-state index contributed by atoms with van der Waals surface area (Å²) in [5.41, 5.74) is 1.18. The number of sulfonamides is 1. The van der Waals surface area contributed by atoms with E-state index >= 15 is 0 Å². The molecule has 0 unspecified atom stereocenters. The number of hydrogen-bond donors (Lipinski definition) is 1. The molecule has 24 heavy (non-hydrogen) atoms. The lowest BCUT2D eigenvalue weighted by molar-refractivity contribution is 0.454. The molecule has 0 aliphatic rings. The fourth-order valence-electron chi connectivity index (χ4n) is 2.00. The molecule has 1 heterocycles. The Labute approximate surface area is 140 Å². The molecule has 6 nitrogen and oxygen atoms in total. The molecule has 0 amide bonds. The highest BCUT2D eigenvalue weighted by molar-refractivity contribution is 7.92. The van der Waals surface area contributed by atoms with Crippen LogP contribution < -0.4 is 9.46 Å². The first-order valence-corrected chi connectivity index (χ1v) is 8.67.